The number of hydrogen-bond acceptors (Lipinski definition) is 5. The number of benzene rings is 1. The predicted molar refractivity (Wildman–Crippen MR) is 135 cm³/mol. The van der Waals surface area contributed by atoms with E-state index in [0.717, 1.165) is 79.2 Å². The lowest BCUT2D eigenvalue weighted by Crippen LogP contribution is -2.50. The van der Waals surface area contributed by atoms with Crippen LogP contribution in [0.15, 0.2) is 48.9 Å². The Morgan fingerprint density at radius 1 is 1.09 bits per heavy atom. The van der Waals surface area contributed by atoms with Gasteiger partial charge in [-0.2, -0.15) is 5.10 Å². The van der Waals surface area contributed by atoms with E-state index >= 15 is 0 Å². The molecule has 1 amide bonds. The van der Waals surface area contributed by atoms with Crippen LogP contribution < -0.4 is 0 Å². The molecule has 180 valence electrons. The Kier molecular flexibility index (Phi) is 5.82. The molecule has 2 fully saturated rings. The summed E-state index contributed by atoms with van der Waals surface area (Å²) in [6.07, 6.45) is 9.81. The highest BCUT2D eigenvalue weighted by Crippen LogP contribution is 2.28. The van der Waals surface area contributed by atoms with Crippen LogP contribution in [0.4, 0.5) is 0 Å². The number of carbonyl (C=O) groups is 1. The molecule has 35 heavy (non-hydrogen) atoms. The average Bonchev–Trinajstić information content (AvgIpc) is 3.43. The van der Waals surface area contributed by atoms with E-state index in [1.807, 2.05) is 30.3 Å². The third kappa shape index (κ3) is 4.71. The number of imidazole rings is 1. The zero-order valence-corrected chi connectivity index (χ0v) is 20.2. The first-order valence-electron chi connectivity index (χ1n) is 12.5. The summed E-state index contributed by atoms with van der Waals surface area (Å²) in [6, 6.07) is 10.5. The highest BCUT2D eigenvalue weighted by molar-refractivity contribution is 5.82. The van der Waals surface area contributed by atoms with E-state index in [9.17, 15) is 4.79 Å². The minimum atomic E-state index is 0.296. The van der Waals surface area contributed by atoms with Gasteiger partial charge in [-0.3, -0.25) is 19.4 Å². The van der Waals surface area contributed by atoms with Crippen LogP contribution in [0.3, 0.4) is 0 Å². The highest BCUT2D eigenvalue weighted by atomic mass is 16.2. The van der Waals surface area contributed by atoms with Gasteiger partial charge in [0.25, 0.3) is 0 Å². The van der Waals surface area contributed by atoms with Gasteiger partial charge in [0.1, 0.15) is 5.82 Å². The summed E-state index contributed by atoms with van der Waals surface area (Å²) in [4.78, 5) is 29.9. The van der Waals surface area contributed by atoms with Crippen molar-refractivity contribution in [3.63, 3.8) is 0 Å². The molecule has 8 nitrogen and oxygen atoms in total. The maximum atomic E-state index is 12.5. The fourth-order valence-electron chi connectivity index (χ4n) is 5.09. The minimum absolute atomic E-state index is 0.296. The molecular weight excluding hydrogens is 438 g/mol. The van der Waals surface area contributed by atoms with Crippen LogP contribution in [0.25, 0.3) is 22.2 Å². The van der Waals surface area contributed by atoms with Crippen molar-refractivity contribution < 1.29 is 4.79 Å². The number of fused-ring (bicyclic) bond motifs is 1. The third-order valence-electron chi connectivity index (χ3n) is 7.34. The lowest BCUT2D eigenvalue weighted by molar-refractivity contribution is -0.140. The molecular formula is C27H31N7O. The van der Waals surface area contributed by atoms with Gasteiger partial charge in [0, 0.05) is 75.8 Å². The molecule has 1 aromatic carbocycles. The molecule has 0 spiro atoms. The Morgan fingerprint density at radius 3 is 2.69 bits per heavy atom. The summed E-state index contributed by atoms with van der Waals surface area (Å²) < 4.78 is 1.81. The molecule has 4 aromatic rings. The van der Waals surface area contributed by atoms with Crippen LogP contribution in [-0.2, 0) is 24.8 Å². The first-order chi connectivity index (χ1) is 17.1. The normalized spacial score (nSPS) is 17.1. The van der Waals surface area contributed by atoms with Gasteiger partial charge in [0.15, 0.2) is 0 Å². The zero-order valence-electron chi connectivity index (χ0n) is 20.2. The van der Waals surface area contributed by atoms with E-state index < -0.39 is 0 Å². The number of nitrogens with one attached hydrogen (secondary N) is 1. The number of pyridine rings is 1. The molecule has 4 heterocycles. The van der Waals surface area contributed by atoms with E-state index in [0.29, 0.717) is 18.2 Å². The Bertz CT molecular complexity index is 1340. The van der Waals surface area contributed by atoms with Gasteiger partial charge < -0.3 is 9.88 Å². The molecule has 0 radical (unpaired) electrons. The van der Waals surface area contributed by atoms with Crippen LogP contribution in [0, 0.1) is 5.92 Å². The molecule has 1 aliphatic heterocycles. The van der Waals surface area contributed by atoms with Crippen molar-refractivity contribution in [1.29, 1.82) is 0 Å². The smallest absolute Gasteiger partial charge is 0.225 e. The van der Waals surface area contributed by atoms with Gasteiger partial charge in [-0.25, -0.2) is 4.98 Å². The molecule has 3 aromatic heterocycles. The largest absolute Gasteiger partial charge is 0.342 e. The van der Waals surface area contributed by atoms with Crippen molar-refractivity contribution >= 4 is 16.9 Å². The first-order valence-corrected chi connectivity index (χ1v) is 12.5. The molecule has 1 saturated carbocycles. The van der Waals surface area contributed by atoms with Gasteiger partial charge in [-0.1, -0.05) is 12.5 Å². The number of aromatic nitrogens is 5. The lowest BCUT2D eigenvalue weighted by Gasteiger charge is -2.38. The molecule has 1 N–H and O–H groups in total. The van der Waals surface area contributed by atoms with Gasteiger partial charge >= 0.3 is 0 Å². The standard InChI is InChI=1S/C27H31N7O/c1-32-18-22(16-29-32)21-5-6-24-25(14-21)31-26(30-24)15-23-13-19(7-8-28-23)17-33-9-11-34(12-10-33)27(35)20-3-2-4-20/h5-8,13-14,16,18,20H,2-4,9-12,15,17H2,1H3,(H,30,31). The maximum Gasteiger partial charge on any atom is 0.225 e. The summed E-state index contributed by atoms with van der Waals surface area (Å²) in [5.41, 5.74) is 6.45. The van der Waals surface area contributed by atoms with E-state index in [1.54, 1.807) is 0 Å². The summed E-state index contributed by atoms with van der Waals surface area (Å²) >= 11 is 0. The first kappa shape index (κ1) is 22.0. The van der Waals surface area contributed by atoms with Crippen molar-refractivity contribution in [1.82, 2.24) is 34.5 Å². The Labute approximate surface area is 205 Å². The van der Waals surface area contributed by atoms with E-state index in [-0.39, 0.29) is 0 Å². The molecule has 0 atom stereocenters. The quantitative estimate of drug-likeness (QED) is 0.468. The summed E-state index contributed by atoms with van der Waals surface area (Å²) in [6.45, 7) is 4.42. The Morgan fingerprint density at radius 2 is 1.94 bits per heavy atom. The fourth-order valence-corrected chi connectivity index (χ4v) is 5.09. The number of H-pyrrole nitrogens is 1. The second-order valence-corrected chi connectivity index (χ2v) is 9.88. The number of piperazine rings is 1. The molecule has 2 aliphatic rings. The molecule has 6 rings (SSSR count). The van der Waals surface area contributed by atoms with Crippen molar-refractivity contribution in [2.24, 2.45) is 13.0 Å². The number of amides is 1. The van der Waals surface area contributed by atoms with Gasteiger partial charge in [-0.15, -0.1) is 0 Å². The van der Waals surface area contributed by atoms with Gasteiger partial charge in [0.2, 0.25) is 5.91 Å². The average molecular weight is 470 g/mol. The van der Waals surface area contributed by atoms with E-state index in [4.69, 9.17) is 4.98 Å². The van der Waals surface area contributed by atoms with E-state index in [1.165, 1.54) is 12.0 Å². The number of carbonyl (C=O) groups excluding carboxylic acids is 1. The number of hydrogen-bond donors (Lipinski definition) is 1. The number of aryl methyl sites for hydroxylation is 1. The van der Waals surface area contributed by atoms with Gasteiger partial charge in [-0.05, 0) is 48.2 Å². The minimum Gasteiger partial charge on any atom is -0.342 e. The molecule has 0 unspecified atom stereocenters. The van der Waals surface area contributed by atoms with E-state index in [2.05, 4.69) is 55.2 Å². The second-order valence-electron chi connectivity index (χ2n) is 9.88. The number of aromatic amines is 1. The number of rotatable bonds is 6. The molecule has 0 bridgehead atoms. The fraction of sp³-hybridized carbons (Fsp3) is 0.407. The van der Waals surface area contributed by atoms with Crippen LogP contribution >= 0.6 is 0 Å². The summed E-state index contributed by atoms with van der Waals surface area (Å²) in [7, 11) is 1.93. The summed E-state index contributed by atoms with van der Waals surface area (Å²) in [5, 5.41) is 4.27. The lowest BCUT2D eigenvalue weighted by atomic mass is 9.84. The summed E-state index contributed by atoms with van der Waals surface area (Å²) in [5.74, 6) is 1.58. The Balaban J connectivity index is 1.09. The topological polar surface area (TPSA) is 82.9 Å². The van der Waals surface area contributed by atoms with Crippen molar-refractivity contribution in [2.45, 2.75) is 32.2 Å². The predicted octanol–water partition coefficient (Wildman–Crippen LogP) is 3.39. The van der Waals surface area contributed by atoms with Gasteiger partial charge in [0.05, 0.1) is 17.2 Å². The molecule has 8 heteroatoms. The SMILES string of the molecule is Cn1cc(-c2ccc3nc(Cc4cc(CN5CCN(C(=O)C6CCC6)CC5)ccn4)[nH]c3c2)cn1. The highest BCUT2D eigenvalue weighted by Gasteiger charge is 2.31. The van der Waals surface area contributed by atoms with Crippen LogP contribution in [0.1, 0.15) is 36.3 Å². The third-order valence-corrected chi connectivity index (χ3v) is 7.34. The van der Waals surface area contributed by atoms with Crippen molar-refractivity contribution in [3.8, 4) is 11.1 Å². The maximum absolute atomic E-state index is 12.5. The monoisotopic (exact) mass is 469 g/mol. The number of nitrogens with zero attached hydrogens (tertiary/aromatic N) is 6. The van der Waals surface area contributed by atoms with Crippen molar-refractivity contribution in [2.75, 3.05) is 26.2 Å². The van der Waals surface area contributed by atoms with Crippen LogP contribution in [-0.4, -0.2) is 66.6 Å². The second kappa shape index (κ2) is 9.26. The molecule has 1 saturated heterocycles. The van der Waals surface area contributed by atoms with Crippen LogP contribution in [0.2, 0.25) is 0 Å². The van der Waals surface area contributed by atoms with Crippen molar-refractivity contribution in [3.05, 3.63) is 66.0 Å². The molecule has 1 aliphatic carbocycles. The zero-order chi connectivity index (χ0) is 23.8. The van der Waals surface area contributed by atoms with Crippen LogP contribution in [0.5, 0.6) is 0 Å². The Hall–Kier alpha value is -3.52.